The van der Waals surface area contributed by atoms with Gasteiger partial charge in [-0.05, 0) is 12.8 Å². The molecule has 1 atom stereocenters. The smallest absolute Gasteiger partial charge is 0.377 e. The first-order valence-corrected chi connectivity index (χ1v) is 4.17. The number of carbonyl (C=O) groups is 2. The molecular weight excluding hydrogens is 198 g/mol. The summed E-state index contributed by atoms with van der Waals surface area (Å²) in [5, 5.41) is 0. The summed E-state index contributed by atoms with van der Waals surface area (Å²) < 4.78 is 33.6. The van der Waals surface area contributed by atoms with E-state index in [2.05, 4.69) is 9.47 Å². The number of carbonyl (C=O) groups excluding carboxylic acids is 2. The van der Waals surface area contributed by atoms with Crippen molar-refractivity contribution in [2.45, 2.75) is 31.8 Å². The number of hydrogen-bond acceptors (Lipinski definition) is 4. The number of hydrogen-bond donors (Lipinski definition) is 0. The van der Waals surface area contributed by atoms with Gasteiger partial charge in [-0.1, -0.05) is 0 Å². The molecule has 0 radical (unpaired) electrons. The highest BCUT2D eigenvalue weighted by Gasteiger charge is 2.38. The Bertz CT molecular complexity index is 246. The van der Waals surface area contributed by atoms with Gasteiger partial charge in [-0.25, -0.2) is 9.59 Å². The van der Waals surface area contributed by atoms with Crippen LogP contribution in [-0.4, -0.2) is 30.6 Å². The second-order valence-corrected chi connectivity index (χ2v) is 3.09. The summed E-state index contributed by atoms with van der Waals surface area (Å²) in [6, 6.07) is 0. The monoisotopic (exact) mass is 208 g/mol. The molecule has 14 heavy (non-hydrogen) atoms. The van der Waals surface area contributed by atoms with Gasteiger partial charge in [-0.2, -0.15) is 8.78 Å². The predicted molar refractivity (Wildman–Crippen MR) is 40.7 cm³/mol. The number of ether oxygens (including phenoxy) is 2. The molecule has 0 bridgehead atoms. The molecule has 80 valence electrons. The molecule has 0 aromatic rings. The number of cyclic esters (lactones) is 1. The Hall–Kier alpha value is -1.20. The SMILES string of the molecule is CC(F)(F)C(=O)OC1CCCOC1=O. The van der Waals surface area contributed by atoms with Crippen molar-refractivity contribution in [3.8, 4) is 0 Å². The van der Waals surface area contributed by atoms with Crippen molar-refractivity contribution < 1.29 is 27.8 Å². The molecule has 0 aliphatic carbocycles. The van der Waals surface area contributed by atoms with Gasteiger partial charge in [0.15, 0.2) is 6.10 Å². The Labute approximate surface area is 79.2 Å². The largest absolute Gasteiger partial charge is 0.463 e. The predicted octanol–water partition coefficient (Wildman–Crippen LogP) is 0.890. The van der Waals surface area contributed by atoms with Crippen molar-refractivity contribution in [2.75, 3.05) is 6.61 Å². The molecule has 1 rings (SSSR count). The van der Waals surface area contributed by atoms with E-state index in [-0.39, 0.29) is 13.0 Å². The minimum absolute atomic E-state index is 0.237. The van der Waals surface area contributed by atoms with E-state index in [1.165, 1.54) is 0 Å². The minimum Gasteiger partial charge on any atom is -0.463 e. The molecule has 0 N–H and O–H groups in total. The van der Waals surface area contributed by atoms with Crippen molar-refractivity contribution >= 4 is 11.9 Å². The van der Waals surface area contributed by atoms with Gasteiger partial charge in [0.25, 0.3) is 0 Å². The highest BCUT2D eigenvalue weighted by molar-refractivity contribution is 5.82. The highest BCUT2D eigenvalue weighted by atomic mass is 19.3. The zero-order chi connectivity index (χ0) is 10.8. The van der Waals surface area contributed by atoms with Crippen LogP contribution in [0.4, 0.5) is 8.78 Å². The summed E-state index contributed by atoms with van der Waals surface area (Å²) in [4.78, 5) is 21.6. The van der Waals surface area contributed by atoms with Gasteiger partial charge in [0.1, 0.15) is 0 Å². The fourth-order valence-electron chi connectivity index (χ4n) is 0.992. The van der Waals surface area contributed by atoms with Gasteiger partial charge in [-0.15, -0.1) is 0 Å². The first-order chi connectivity index (χ1) is 6.41. The molecule has 1 unspecified atom stereocenters. The lowest BCUT2D eigenvalue weighted by Crippen LogP contribution is -2.38. The van der Waals surface area contributed by atoms with Gasteiger partial charge >= 0.3 is 17.9 Å². The molecule has 4 nitrogen and oxygen atoms in total. The van der Waals surface area contributed by atoms with Crippen LogP contribution in [0.3, 0.4) is 0 Å². The van der Waals surface area contributed by atoms with Gasteiger partial charge in [0.2, 0.25) is 0 Å². The summed E-state index contributed by atoms with van der Waals surface area (Å²) in [5.74, 6) is -6.02. The van der Waals surface area contributed by atoms with E-state index in [9.17, 15) is 18.4 Å². The van der Waals surface area contributed by atoms with Crippen LogP contribution >= 0.6 is 0 Å². The molecule has 0 aromatic carbocycles. The Balaban J connectivity index is 2.51. The molecule has 1 fully saturated rings. The average Bonchev–Trinajstić information content (AvgIpc) is 2.07. The lowest BCUT2D eigenvalue weighted by atomic mass is 10.1. The van der Waals surface area contributed by atoms with Gasteiger partial charge in [-0.3, -0.25) is 0 Å². The topological polar surface area (TPSA) is 52.6 Å². The quantitative estimate of drug-likeness (QED) is 0.632. The molecule has 1 heterocycles. The van der Waals surface area contributed by atoms with E-state index in [0.29, 0.717) is 13.3 Å². The van der Waals surface area contributed by atoms with Crippen molar-refractivity contribution in [3.63, 3.8) is 0 Å². The lowest BCUT2D eigenvalue weighted by Gasteiger charge is -2.22. The maximum atomic E-state index is 12.4. The first kappa shape index (κ1) is 10.9. The summed E-state index contributed by atoms with van der Waals surface area (Å²) in [6.07, 6.45) is -0.429. The molecule has 0 saturated carbocycles. The summed E-state index contributed by atoms with van der Waals surface area (Å²) in [5.41, 5.74) is 0. The van der Waals surface area contributed by atoms with Crippen LogP contribution in [0.2, 0.25) is 0 Å². The van der Waals surface area contributed by atoms with E-state index in [0.717, 1.165) is 0 Å². The Morgan fingerprint density at radius 2 is 2.29 bits per heavy atom. The van der Waals surface area contributed by atoms with Gasteiger partial charge < -0.3 is 9.47 Å². The minimum atomic E-state index is -3.57. The molecule has 0 aromatic heterocycles. The third-order valence-electron chi connectivity index (χ3n) is 1.73. The lowest BCUT2D eigenvalue weighted by molar-refractivity contribution is -0.187. The second-order valence-electron chi connectivity index (χ2n) is 3.09. The van der Waals surface area contributed by atoms with E-state index in [4.69, 9.17) is 0 Å². The van der Waals surface area contributed by atoms with Gasteiger partial charge in [0, 0.05) is 6.92 Å². The average molecular weight is 208 g/mol. The van der Waals surface area contributed by atoms with E-state index < -0.39 is 24.0 Å². The Morgan fingerprint density at radius 1 is 1.64 bits per heavy atom. The number of esters is 2. The van der Waals surface area contributed by atoms with Gasteiger partial charge in [0.05, 0.1) is 6.61 Å². The summed E-state index contributed by atoms with van der Waals surface area (Å²) >= 11 is 0. The van der Waals surface area contributed by atoms with Crippen molar-refractivity contribution in [2.24, 2.45) is 0 Å². The molecule has 1 saturated heterocycles. The molecule has 6 heteroatoms. The molecule has 1 aliphatic rings. The molecule has 1 aliphatic heterocycles. The highest BCUT2D eigenvalue weighted by Crippen LogP contribution is 2.18. The second kappa shape index (κ2) is 3.89. The van der Waals surface area contributed by atoms with Crippen LogP contribution in [0, 0.1) is 0 Å². The number of alkyl halides is 2. The number of halogens is 2. The normalized spacial score (nSPS) is 22.8. The molecular formula is C8H10F2O4. The van der Waals surface area contributed by atoms with E-state index in [1.54, 1.807) is 0 Å². The van der Waals surface area contributed by atoms with E-state index in [1.807, 2.05) is 0 Å². The fraction of sp³-hybridized carbons (Fsp3) is 0.750. The summed E-state index contributed by atoms with van der Waals surface area (Å²) in [6.45, 7) is 0.666. The van der Waals surface area contributed by atoms with Crippen LogP contribution in [0.5, 0.6) is 0 Å². The maximum absolute atomic E-state index is 12.4. The third kappa shape index (κ3) is 2.65. The zero-order valence-corrected chi connectivity index (χ0v) is 7.59. The zero-order valence-electron chi connectivity index (χ0n) is 7.59. The van der Waals surface area contributed by atoms with Crippen LogP contribution in [-0.2, 0) is 19.1 Å². The molecule has 0 amide bonds. The first-order valence-electron chi connectivity index (χ1n) is 4.17. The Morgan fingerprint density at radius 3 is 2.79 bits per heavy atom. The van der Waals surface area contributed by atoms with Crippen molar-refractivity contribution in [1.29, 1.82) is 0 Å². The maximum Gasteiger partial charge on any atom is 0.377 e. The van der Waals surface area contributed by atoms with Crippen LogP contribution in [0.1, 0.15) is 19.8 Å². The number of rotatable bonds is 2. The standard InChI is InChI=1S/C8H10F2O4/c1-8(9,10)7(12)14-5-3-2-4-13-6(5)11/h5H,2-4H2,1H3. The van der Waals surface area contributed by atoms with Crippen LogP contribution < -0.4 is 0 Å². The van der Waals surface area contributed by atoms with Crippen molar-refractivity contribution in [3.05, 3.63) is 0 Å². The van der Waals surface area contributed by atoms with Crippen molar-refractivity contribution in [1.82, 2.24) is 0 Å². The van der Waals surface area contributed by atoms with Crippen LogP contribution in [0.15, 0.2) is 0 Å². The third-order valence-corrected chi connectivity index (χ3v) is 1.73. The van der Waals surface area contributed by atoms with E-state index >= 15 is 0 Å². The fourth-order valence-corrected chi connectivity index (χ4v) is 0.992. The summed E-state index contributed by atoms with van der Waals surface area (Å²) in [7, 11) is 0. The molecule has 0 spiro atoms. The Kier molecular flexibility index (Phi) is 3.03. The van der Waals surface area contributed by atoms with Crippen LogP contribution in [0.25, 0.3) is 0 Å².